The molecule has 0 unspecified atom stereocenters. The molecule has 0 amide bonds. The van der Waals surface area contributed by atoms with E-state index in [0.717, 1.165) is 44.2 Å². The van der Waals surface area contributed by atoms with Crippen LogP contribution in [-0.4, -0.2) is 59.5 Å². The van der Waals surface area contributed by atoms with Gasteiger partial charge in [-0.1, -0.05) is 6.42 Å². The van der Waals surface area contributed by atoms with E-state index in [1.54, 1.807) is 0 Å². The molecule has 2 fully saturated rings. The van der Waals surface area contributed by atoms with Gasteiger partial charge in [-0.2, -0.15) is 5.10 Å². The summed E-state index contributed by atoms with van der Waals surface area (Å²) in [5.41, 5.74) is 1.16. The maximum absolute atomic E-state index is 8.94. The predicted molar refractivity (Wildman–Crippen MR) is 74.4 cm³/mol. The number of anilines is 1. The molecule has 2 aliphatic rings. The van der Waals surface area contributed by atoms with Gasteiger partial charge in [0, 0.05) is 38.6 Å². The van der Waals surface area contributed by atoms with Gasteiger partial charge in [-0.25, -0.2) is 0 Å². The first-order valence-corrected chi connectivity index (χ1v) is 7.28. The van der Waals surface area contributed by atoms with E-state index >= 15 is 0 Å². The van der Waals surface area contributed by atoms with Crippen molar-refractivity contribution in [1.82, 2.24) is 15.1 Å². The van der Waals surface area contributed by atoms with Crippen molar-refractivity contribution in [2.45, 2.75) is 25.2 Å². The summed E-state index contributed by atoms with van der Waals surface area (Å²) >= 11 is 0. The van der Waals surface area contributed by atoms with Crippen LogP contribution in [0.2, 0.25) is 0 Å². The van der Waals surface area contributed by atoms with E-state index in [1.165, 1.54) is 19.3 Å². The summed E-state index contributed by atoms with van der Waals surface area (Å²) in [5.74, 6) is 1.65. The second-order valence-corrected chi connectivity index (χ2v) is 5.50. The van der Waals surface area contributed by atoms with Crippen molar-refractivity contribution < 1.29 is 5.11 Å². The third-order valence-electron chi connectivity index (χ3n) is 4.31. The van der Waals surface area contributed by atoms with E-state index in [2.05, 4.69) is 32.1 Å². The molecular formula is C14H22N4O. The Morgan fingerprint density at radius 1 is 1.11 bits per heavy atom. The van der Waals surface area contributed by atoms with Gasteiger partial charge >= 0.3 is 0 Å². The highest BCUT2D eigenvalue weighted by molar-refractivity contribution is 5.38. The molecule has 0 atom stereocenters. The van der Waals surface area contributed by atoms with Crippen molar-refractivity contribution in [3.63, 3.8) is 0 Å². The Morgan fingerprint density at radius 3 is 2.42 bits per heavy atom. The Hall–Kier alpha value is -1.20. The zero-order chi connectivity index (χ0) is 13.1. The molecule has 1 saturated heterocycles. The van der Waals surface area contributed by atoms with Crippen LogP contribution in [0.25, 0.3) is 0 Å². The van der Waals surface area contributed by atoms with E-state index in [-0.39, 0.29) is 6.61 Å². The number of hydrogen-bond donors (Lipinski definition) is 1. The SMILES string of the molecule is OCCN1CCN(c2ccc(C3CCC3)nn2)CC1. The van der Waals surface area contributed by atoms with Crippen molar-refractivity contribution in [2.24, 2.45) is 0 Å². The Kier molecular flexibility index (Phi) is 3.94. The zero-order valence-corrected chi connectivity index (χ0v) is 11.3. The molecule has 1 N–H and O–H groups in total. The van der Waals surface area contributed by atoms with Crippen molar-refractivity contribution >= 4 is 5.82 Å². The molecule has 104 valence electrons. The van der Waals surface area contributed by atoms with Crippen molar-refractivity contribution in [3.05, 3.63) is 17.8 Å². The van der Waals surface area contributed by atoms with Crippen LogP contribution in [0.1, 0.15) is 30.9 Å². The van der Waals surface area contributed by atoms with Crippen LogP contribution in [0, 0.1) is 0 Å². The molecular weight excluding hydrogens is 240 g/mol. The lowest BCUT2D eigenvalue weighted by Crippen LogP contribution is -2.47. The lowest BCUT2D eigenvalue weighted by molar-refractivity contribution is 0.188. The maximum atomic E-state index is 8.94. The van der Waals surface area contributed by atoms with Gasteiger partial charge in [-0.15, -0.1) is 5.10 Å². The molecule has 5 nitrogen and oxygen atoms in total. The Morgan fingerprint density at radius 2 is 1.89 bits per heavy atom. The maximum Gasteiger partial charge on any atom is 0.151 e. The first-order chi connectivity index (χ1) is 9.36. The number of aliphatic hydroxyl groups is 1. The van der Waals surface area contributed by atoms with E-state index in [1.807, 2.05) is 0 Å². The van der Waals surface area contributed by atoms with Crippen LogP contribution < -0.4 is 4.90 Å². The van der Waals surface area contributed by atoms with E-state index in [9.17, 15) is 0 Å². The van der Waals surface area contributed by atoms with Gasteiger partial charge in [-0.05, 0) is 25.0 Å². The summed E-state index contributed by atoms with van der Waals surface area (Å²) in [6.45, 7) is 4.95. The molecule has 1 aliphatic heterocycles. The van der Waals surface area contributed by atoms with E-state index in [0.29, 0.717) is 5.92 Å². The minimum Gasteiger partial charge on any atom is -0.395 e. The molecule has 2 heterocycles. The normalized spacial score (nSPS) is 21.4. The van der Waals surface area contributed by atoms with E-state index < -0.39 is 0 Å². The standard InChI is InChI=1S/C14H22N4O/c19-11-10-17-6-8-18(9-7-17)14-5-4-13(15-16-14)12-2-1-3-12/h4-5,12,19H,1-3,6-11H2. The average Bonchev–Trinajstić information content (AvgIpc) is 2.39. The third-order valence-corrected chi connectivity index (χ3v) is 4.31. The molecule has 1 aliphatic carbocycles. The third kappa shape index (κ3) is 2.87. The smallest absolute Gasteiger partial charge is 0.151 e. The fraction of sp³-hybridized carbons (Fsp3) is 0.714. The summed E-state index contributed by atoms with van der Waals surface area (Å²) in [4.78, 5) is 4.57. The highest BCUT2D eigenvalue weighted by atomic mass is 16.3. The number of aromatic nitrogens is 2. The summed E-state index contributed by atoms with van der Waals surface area (Å²) in [6, 6.07) is 4.26. The fourth-order valence-electron chi connectivity index (χ4n) is 2.77. The van der Waals surface area contributed by atoms with Gasteiger partial charge in [0.2, 0.25) is 0 Å². The van der Waals surface area contributed by atoms with Gasteiger partial charge in [0.15, 0.2) is 5.82 Å². The molecule has 1 aromatic rings. The molecule has 1 saturated carbocycles. The minimum absolute atomic E-state index is 0.246. The summed E-state index contributed by atoms with van der Waals surface area (Å²) in [7, 11) is 0. The summed E-state index contributed by atoms with van der Waals surface area (Å²) in [5, 5.41) is 17.7. The first-order valence-electron chi connectivity index (χ1n) is 7.28. The predicted octanol–water partition coefficient (Wildman–Crippen LogP) is 0.858. The fourth-order valence-corrected chi connectivity index (χ4v) is 2.77. The molecule has 0 bridgehead atoms. The average molecular weight is 262 g/mol. The number of nitrogens with zero attached hydrogens (tertiary/aromatic N) is 4. The van der Waals surface area contributed by atoms with Crippen LogP contribution in [0.5, 0.6) is 0 Å². The number of rotatable bonds is 4. The molecule has 0 spiro atoms. The number of β-amino-alcohol motifs (C(OH)–C–C–N with tert-alkyl or cyclic N) is 1. The largest absolute Gasteiger partial charge is 0.395 e. The monoisotopic (exact) mass is 262 g/mol. The van der Waals surface area contributed by atoms with Crippen molar-refractivity contribution in [2.75, 3.05) is 44.2 Å². The molecule has 5 heteroatoms. The van der Waals surface area contributed by atoms with Gasteiger partial charge in [0.05, 0.1) is 12.3 Å². The Labute approximate surface area is 114 Å². The second-order valence-electron chi connectivity index (χ2n) is 5.50. The topological polar surface area (TPSA) is 52.5 Å². The minimum atomic E-state index is 0.246. The van der Waals surface area contributed by atoms with Crippen molar-refractivity contribution in [1.29, 1.82) is 0 Å². The van der Waals surface area contributed by atoms with Crippen LogP contribution in [-0.2, 0) is 0 Å². The van der Waals surface area contributed by atoms with E-state index in [4.69, 9.17) is 5.11 Å². The molecule has 0 aromatic carbocycles. The van der Waals surface area contributed by atoms with Gasteiger partial charge in [-0.3, -0.25) is 4.90 Å². The summed E-state index contributed by atoms with van der Waals surface area (Å²) < 4.78 is 0. The van der Waals surface area contributed by atoms with Crippen LogP contribution >= 0.6 is 0 Å². The number of piperazine rings is 1. The highest BCUT2D eigenvalue weighted by Gasteiger charge is 2.22. The molecule has 3 rings (SSSR count). The summed E-state index contributed by atoms with van der Waals surface area (Å²) in [6.07, 6.45) is 3.88. The van der Waals surface area contributed by atoms with Gasteiger partial charge in [0.1, 0.15) is 0 Å². The zero-order valence-electron chi connectivity index (χ0n) is 11.3. The van der Waals surface area contributed by atoms with Crippen LogP contribution in [0.15, 0.2) is 12.1 Å². The highest BCUT2D eigenvalue weighted by Crippen LogP contribution is 2.35. The van der Waals surface area contributed by atoms with Gasteiger partial charge in [0.25, 0.3) is 0 Å². The lowest BCUT2D eigenvalue weighted by atomic mass is 9.83. The quantitative estimate of drug-likeness (QED) is 0.872. The number of aliphatic hydroxyl groups excluding tert-OH is 1. The first kappa shape index (κ1) is 12.8. The van der Waals surface area contributed by atoms with Crippen LogP contribution in [0.4, 0.5) is 5.82 Å². The molecule has 1 aromatic heterocycles. The second kappa shape index (κ2) is 5.84. The molecule has 19 heavy (non-hydrogen) atoms. The van der Waals surface area contributed by atoms with Crippen LogP contribution in [0.3, 0.4) is 0 Å². The Bertz CT molecular complexity index is 396. The van der Waals surface area contributed by atoms with Gasteiger partial charge < -0.3 is 10.0 Å². The van der Waals surface area contributed by atoms with Crippen molar-refractivity contribution in [3.8, 4) is 0 Å². The Balaban J connectivity index is 1.57. The number of hydrogen-bond acceptors (Lipinski definition) is 5. The molecule has 0 radical (unpaired) electrons. The lowest BCUT2D eigenvalue weighted by Gasteiger charge is -2.35.